The third-order valence-corrected chi connectivity index (χ3v) is 2.58. The zero-order valence-electron chi connectivity index (χ0n) is 9.00. The Morgan fingerprint density at radius 3 is 2.88 bits per heavy atom. The number of rotatable bonds is 2. The summed E-state index contributed by atoms with van der Waals surface area (Å²) in [7, 11) is 0. The van der Waals surface area contributed by atoms with E-state index in [1.165, 1.54) is 12.1 Å². The molecular formula is C11H12FN3O2. The summed E-state index contributed by atoms with van der Waals surface area (Å²) in [5, 5.41) is 5.24. The smallest absolute Gasteiger partial charge is 0.251 e. The van der Waals surface area contributed by atoms with Crippen LogP contribution in [0, 0.1) is 5.82 Å². The standard InChI is InChI=1S/C11H12FN3O2/c12-8-3-6(1-2-9(8)13)11(17)15-7-4-10(16)14-5-7/h1-3,7H,4-5,13H2,(H,14,16)(H,15,17). The first-order chi connectivity index (χ1) is 8.06. The van der Waals surface area contributed by atoms with Crippen molar-refractivity contribution in [1.29, 1.82) is 0 Å². The van der Waals surface area contributed by atoms with Crippen molar-refractivity contribution in [3.05, 3.63) is 29.6 Å². The Bertz CT molecular complexity index is 476. The molecule has 0 radical (unpaired) electrons. The lowest BCUT2D eigenvalue weighted by Gasteiger charge is -2.10. The average Bonchev–Trinajstić information content (AvgIpc) is 2.68. The fourth-order valence-electron chi connectivity index (χ4n) is 1.64. The topological polar surface area (TPSA) is 84.2 Å². The maximum absolute atomic E-state index is 13.1. The van der Waals surface area contributed by atoms with E-state index in [2.05, 4.69) is 10.6 Å². The van der Waals surface area contributed by atoms with Gasteiger partial charge in [-0.05, 0) is 18.2 Å². The summed E-state index contributed by atoms with van der Waals surface area (Å²) in [4.78, 5) is 22.6. The molecule has 17 heavy (non-hydrogen) atoms. The van der Waals surface area contributed by atoms with Crippen molar-refractivity contribution in [2.45, 2.75) is 12.5 Å². The summed E-state index contributed by atoms with van der Waals surface area (Å²) in [6, 6.07) is 3.62. The molecule has 1 saturated heterocycles. The maximum Gasteiger partial charge on any atom is 0.251 e. The highest BCUT2D eigenvalue weighted by atomic mass is 19.1. The molecule has 5 nitrogen and oxygen atoms in total. The first kappa shape index (κ1) is 11.4. The third-order valence-electron chi connectivity index (χ3n) is 2.58. The van der Waals surface area contributed by atoms with Crippen molar-refractivity contribution in [1.82, 2.24) is 10.6 Å². The summed E-state index contributed by atoms with van der Waals surface area (Å²) in [6.45, 7) is 0.405. The number of carbonyl (C=O) groups excluding carboxylic acids is 2. The Labute approximate surface area is 97.2 Å². The highest BCUT2D eigenvalue weighted by Gasteiger charge is 2.23. The Morgan fingerprint density at radius 1 is 1.53 bits per heavy atom. The normalized spacial score (nSPS) is 18.9. The molecule has 0 bridgehead atoms. The lowest BCUT2D eigenvalue weighted by Crippen LogP contribution is -2.36. The zero-order chi connectivity index (χ0) is 12.4. The quantitative estimate of drug-likeness (QED) is 0.634. The lowest BCUT2D eigenvalue weighted by atomic mass is 10.1. The molecule has 1 atom stereocenters. The van der Waals surface area contributed by atoms with Crippen molar-refractivity contribution in [2.75, 3.05) is 12.3 Å². The van der Waals surface area contributed by atoms with Gasteiger partial charge in [0.15, 0.2) is 0 Å². The van der Waals surface area contributed by atoms with Crippen LogP contribution in [0.4, 0.5) is 10.1 Å². The molecule has 90 valence electrons. The Hall–Kier alpha value is -2.11. The van der Waals surface area contributed by atoms with Gasteiger partial charge in [0.1, 0.15) is 5.82 Å². The molecule has 0 aromatic heterocycles. The van der Waals surface area contributed by atoms with E-state index in [-0.39, 0.29) is 29.6 Å². The minimum Gasteiger partial charge on any atom is -0.396 e. The molecule has 1 aliphatic heterocycles. The van der Waals surface area contributed by atoms with Gasteiger partial charge >= 0.3 is 0 Å². The molecule has 2 rings (SSSR count). The van der Waals surface area contributed by atoms with Gasteiger partial charge in [-0.25, -0.2) is 4.39 Å². The minimum absolute atomic E-state index is 0.000684. The molecule has 4 N–H and O–H groups in total. The number of halogens is 1. The minimum atomic E-state index is -0.627. The highest BCUT2D eigenvalue weighted by Crippen LogP contribution is 2.12. The van der Waals surface area contributed by atoms with Crippen molar-refractivity contribution in [3.8, 4) is 0 Å². The van der Waals surface area contributed by atoms with Gasteiger partial charge in [0.05, 0.1) is 11.7 Å². The van der Waals surface area contributed by atoms with Crippen LogP contribution in [-0.2, 0) is 4.79 Å². The summed E-state index contributed by atoms with van der Waals surface area (Å²) in [5.41, 5.74) is 5.50. The molecule has 1 heterocycles. The molecule has 1 fully saturated rings. The van der Waals surface area contributed by atoms with Crippen molar-refractivity contribution >= 4 is 17.5 Å². The fraction of sp³-hybridized carbons (Fsp3) is 0.273. The van der Waals surface area contributed by atoms with E-state index in [0.29, 0.717) is 6.54 Å². The SMILES string of the molecule is Nc1ccc(C(=O)NC2CNC(=O)C2)cc1F. The van der Waals surface area contributed by atoms with Crippen molar-refractivity contribution in [3.63, 3.8) is 0 Å². The second-order valence-electron chi connectivity index (χ2n) is 3.91. The summed E-state index contributed by atoms with van der Waals surface area (Å²) in [6.07, 6.45) is 0.253. The van der Waals surface area contributed by atoms with Gasteiger partial charge in [0.25, 0.3) is 5.91 Å². The van der Waals surface area contributed by atoms with Crippen LogP contribution < -0.4 is 16.4 Å². The third kappa shape index (κ3) is 2.52. The van der Waals surface area contributed by atoms with Crippen LogP contribution in [-0.4, -0.2) is 24.4 Å². The molecular weight excluding hydrogens is 225 g/mol. The van der Waals surface area contributed by atoms with E-state index in [0.717, 1.165) is 6.07 Å². The highest BCUT2D eigenvalue weighted by molar-refractivity contribution is 5.95. The molecule has 1 aromatic rings. The van der Waals surface area contributed by atoms with Crippen LogP contribution in [0.5, 0.6) is 0 Å². The fourth-order valence-corrected chi connectivity index (χ4v) is 1.64. The molecule has 2 amide bonds. The van der Waals surface area contributed by atoms with E-state index in [4.69, 9.17) is 5.73 Å². The maximum atomic E-state index is 13.1. The van der Waals surface area contributed by atoms with E-state index >= 15 is 0 Å². The van der Waals surface area contributed by atoms with Crippen LogP contribution in [0.2, 0.25) is 0 Å². The van der Waals surface area contributed by atoms with Gasteiger partial charge in [-0.15, -0.1) is 0 Å². The molecule has 0 aliphatic carbocycles. The van der Waals surface area contributed by atoms with Gasteiger partial charge in [-0.1, -0.05) is 0 Å². The van der Waals surface area contributed by atoms with Gasteiger partial charge in [-0.3, -0.25) is 9.59 Å². The second kappa shape index (κ2) is 4.40. The molecule has 1 unspecified atom stereocenters. The number of nitrogens with one attached hydrogen (secondary N) is 2. The Morgan fingerprint density at radius 2 is 2.29 bits per heavy atom. The van der Waals surface area contributed by atoms with Crippen molar-refractivity contribution < 1.29 is 14.0 Å². The first-order valence-corrected chi connectivity index (χ1v) is 5.19. The largest absolute Gasteiger partial charge is 0.396 e. The number of nitrogen functional groups attached to an aromatic ring is 1. The zero-order valence-corrected chi connectivity index (χ0v) is 9.00. The van der Waals surface area contributed by atoms with Gasteiger partial charge in [-0.2, -0.15) is 0 Å². The van der Waals surface area contributed by atoms with E-state index < -0.39 is 11.7 Å². The number of anilines is 1. The summed E-state index contributed by atoms with van der Waals surface area (Å²) >= 11 is 0. The Balaban J connectivity index is 2.04. The molecule has 6 heteroatoms. The van der Waals surface area contributed by atoms with Gasteiger partial charge in [0.2, 0.25) is 5.91 Å². The average molecular weight is 237 g/mol. The van der Waals surface area contributed by atoms with Crippen LogP contribution >= 0.6 is 0 Å². The van der Waals surface area contributed by atoms with E-state index in [1.54, 1.807) is 0 Å². The molecule has 0 spiro atoms. The lowest BCUT2D eigenvalue weighted by molar-refractivity contribution is -0.119. The predicted octanol–water partition coefficient (Wildman–Crippen LogP) is 0.0262. The molecule has 1 aromatic carbocycles. The number of benzene rings is 1. The first-order valence-electron chi connectivity index (χ1n) is 5.19. The van der Waals surface area contributed by atoms with Crippen molar-refractivity contribution in [2.24, 2.45) is 0 Å². The predicted molar refractivity (Wildman–Crippen MR) is 59.7 cm³/mol. The van der Waals surface area contributed by atoms with Crippen LogP contribution in [0.3, 0.4) is 0 Å². The van der Waals surface area contributed by atoms with Crippen LogP contribution in [0.25, 0.3) is 0 Å². The molecule has 1 aliphatic rings. The Kier molecular flexibility index (Phi) is 2.95. The van der Waals surface area contributed by atoms with Crippen LogP contribution in [0.15, 0.2) is 18.2 Å². The number of hydrogen-bond acceptors (Lipinski definition) is 3. The number of amides is 2. The second-order valence-corrected chi connectivity index (χ2v) is 3.91. The summed E-state index contributed by atoms with van der Waals surface area (Å²) < 4.78 is 13.1. The number of hydrogen-bond donors (Lipinski definition) is 3. The molecule has 0 saturated carbocycles. The number of nitrogens with two attached hydrogens (primary N) is 1. The number of carbonyl (C=O) groups is 2. The summed E-state index contributed by atoms with van der Waals surface area (Å²) in [5.74, 6) is -1.14. The van der Waals surface area contributed by atoms with Crippen LogP contribution in [0.1, 0.15) is 16.8 Å². The van der Waals surface area contributed by atoms with Gasteiger partial charge < -0.3 is 16.4 Å². The van der Waals surface area contributed by atoms with E-state index in [1.807, 2.05) is 0 Å². The monoisotopic (exact) mass is 237 g/mol. The van der Waals surface area contributed by atoms with Gasteiger partial charge in [0, 0.05) is 18.5 Å². The van der Waals surface area contributed by atoms with E-state index in [9.17, 15) is 14.0 Å².